The van der Waals surface area contributed by atoms with E-state index in [2.05, 4.69) is 13.8 Å². The molecule has 0 aliphatic rings. The molecule has 0 spiro atoms. The lowest BCUT2D eigenvalue weighted by Gasteiger charge is -2.11. The van der Waals surface area contributed by atoms with Gasteiger partial charge in [0.2, 0.25) is 0 Å². The molecule has 2 N–H and O–H groups in total. The van der Waals surface area contributed by atoms with E-state index >= 15 is 0 Å². The molecule has 0 aromatic rings. The van der Waals surface area contributed by atoms with Crippen molar-refractivity contribution in [2.45, 2.75) is 26.7 Å². The highest BCUT2D eigenvalue weighted by Crippen LogP contribution is 1.86. The van der Waals surface area contributed by atoms with E-state index in [1.165, 1.54) is 12.8 Å². The van der Waals surface area contributed by atoms with Gasteiger partial charge in [0.25, 0.3) is 0 Å². The van der Waals surface area contributed by atoms with Gasteiger partial charge < -0.3 is 0 Å². The zero-order chi connectivity index (χ0) is 6.41. The molecule has 0 fully saturated rings. The molecule has 0 aromatic carbocycles. The highest BCUT2D eigenvalue weighted by molar-refractivity contribution is 4.42. The third-order valence-corrected chi connectivity index (χ3v) is 1.21. The second-order valence-electron chi connectivity index (χ2n) is 1.98. The molecule has 2 nitrogen and oxygen atoms in total. The molecular formula is C6H16N2. The average molecular weight is 116 g/mol. The second kappa shape index (κ2) is 5.06. The molecule has 0 aliphatic heterocycles. The van der Waals surface area contributed by atoms with E-state index in [4.69, 9.17) is 5.84 Å². The number of hydrogen-bond acceptors (Lipinski definition) is 2. The van der Waals surface area contributed by atoms with E-state index in [0.29, 0.717) is 0 Å². The first-order valence-electron chi connectivity index (χ1n) is 3.30. The molecular weight excluding hydrogens is 100 g/mol. The number of hydrazine groups is 1. The van der Waals surface area contributed by atoms with Crippen molar-refractivity contribution < 1.29 is 0 Å². The molecule has 0 atom stereocenters. The Morgan fingerprint density at radius 3 is 2.38 bits per heavy atom. The van der Waals surface area contributed by atoms with Crippen LogP contribution in [0.25, 0.3) is 0 Å². The van der Waals surface area contributed by atoms with Crippen LogP contribution in [0.15, 0.2) is 0 Å². The lowest BCUT2D eigenvalue weighted by atomic mass is 10.3. The minimum atomic E-state index is 0.958. The van der Waals surface area contributed by atoms with Gasteiger partial charge in [-0.2, -0.15) is 0 Å². The normalized spacial score (nSPS) is 10.5. The lowest BCUT2D eigenvalue weighted by molar-refractivity contribution is 0.294. The molecule has 8 heavy (non-hydrogen) atoms. The molecule has 2 heteroatoms. The monoisotopic (exact) mass is 116 g/mol. The summed E-state index contributed by atoms with van der Waals surface area (Å²) >= 11 is 0. The van der Waals surface area contributed by atoms with Crippen molar-refractivity contribution in [2.75, 3.05) is 13.1 Å². The molecule has 0 amide bonds. The summed E-state index contributed by atoms with van der Waals surface area (Å²) in [6.45, 7) is 6.23. The topological polar surface area (TPSA) is 29.3 Å². The number of hydrogen-bond donors (Lipinski definition) is 1. The SMILES string of the molecule is CCCCN(N)CC. The number of nitrogens with two attached hydrogens (primary N) is 1. The summed E-state index contributed by atoms with van der Waals surface area (Å²) in [5.74, 6) is 5.49. The fourth-order valence-corrected chi connectivity index (χ4v) is 0.519. The highest BCUT2D eigenvalue weighted by atomic mass is 15.4. The number of rotatable bonds is 4. The van der Waals surface area contributed by atoms with E-state index in [1.54, 1.807) is 0 Å². The summed E-state index contributed by atoms with van der Waals surface area (Å²) < 4.78 is 0. The molecule has 0 saturated heterocycles. The zero-order valence-electron chi connectivity index (χ0n) is 5.85. The van der Waals surface area contributed by atoms with Crippen LogP contribution in [-0.2, 0) is 0 Å². The zero-order valence-corrected chi connectivity index (χ0v) is 5.85. The molecule has 0 unspecified atom stereocenters. The van der Waals surface area contributed by atoms with Gasteiger partial charge in [0.15, 0.2) is 0 Å². The maximum absolute atomic E-state index is 5.49. The summed E-state index contributed by atoms with van der Waals surface area (Å²) in [5.41, 5.74) is 0. The van der Waals surface area contributed by atoms with Gasteiger partial charge in [-0.3, -0.25) is 5.84 Å². The minimum absolute atomic E-state index is 0.958. The van der Waals surface area contributed by atoms with E-state index in [0.717, 1.165) is 13.1 Å². The van der Waals surface area contributed by atoms with Crippen molar-refractivity contribution >= 4 is 0 Å². The van der Waals surface area contributed by atoms with Gasteiger partial charge in [-0.15, -0.1) is 0 Å². The van der Waals surface area contributed by atoms with Crippen LogP contribution in [0.3, 0.4) is 0 Å². The number of unbranched alkanes of at least 4 members (excludes halogenated alkanes) is 1. The maximum Gasteiger partial charge on any atom is 0.0128 e. The first-order valence-corrected chi connectivity index (χ1v) is 3.30. The Bertz CT molecular complexity index is 45.8. The van der Waals surface area contributed by atoms with Crippen LogP contribution < -0.4 is 5.84 Å². The van der Waals surface area contributed by atoms with Gasteiger partial charge in [0, 0.05) is 13.1 Å². The highest BCUT2D eigenvalue weighted by Gasteiger charge is 1.89. The van der Waals surface area contributed by atoms with Crippen LogP contribution in [0.5, 0.6) is 0 Å². The van der Waals surface area contributed by atoms with E-state index < -0.39 is 0 Å². The van der Waals surface area contributed by atoms with Crippen molar-refractivity contribution in [3.05, 3.63) is 0 Å². The number of nitrogens with zero attached hydrogens (tertiary/aromatic N) is 1. The van der Waals surface area contributed by atoms with Gasteiger partial charge in [-0.05, 0) is 6.42 Å². The third-order valence-electron chi connectivity index (χ3n) is 1.21. The summed E-state index contributed by atoms with van der Waals surface area (Å²) in [4.78, 5) is 0. The van der Waals surface area contributed by atoms with E-state index in [9.17, 15) is 0 Å². The minimum Gasteiger partial charge on any atom is -0.269 e. The maximum atomic E-state index is 5.49. The van der Waals surface area contributed by atoms with Gasteiger partial charge in [-0.1, -0.05) is 20.3 Å². The molecule has 0 bridgehead atoms. The third kappa shape index (κ3) is 4.09. The Balaban J connectivity index is 2.86. The Morgan fingerprint density at radius 2 is 2.00 bits per heavy atom. The van der Waals surface area contributed by atoms with Crippen LogP contribution in [0, 0.1) is 0 Å². The average Bonchev–Trinajstić information content (AvgIpc) is 1.83. The molecule has 0 rings (SSSR count). The predicted octanol–water partition coefficient (Wildman–Crippen LogP) is 0.982. The summed E-state index contributed by atoms with van der Waals surface area (Å²) in [7, 11) is 0. The van der Waals surface area contributed by atoms with Gasteiger partial charge in [-0.25, -0.2) is 5.01 Å². The quantitative estimate of drug-likeness (QED) is 0.438. The standard InChI is InChI=1S/C6H16N2/c1-3-5-6-8(7)4-2/h3-7H2,1-2H3. The Kier molecular flexibility index (Phi) is 5.01. The molecule has 0 radical (unpaired) electrons. The van der Waals surface area contributed by atoms with Crippen molar-refractivity contribution in [3.8, 4) is 0 Å². The van der Waals surface area contributed by atoms with E-state index in [1.807, 2.05) is 5.01 Å². The molecule has 50 valence electrons. The van der Waals surface area contributed by atoms with Gasteiger partial charge >= 0.3 is 0 Å². The lowest BCUT2D eigenvalue weighted by Crippen LogP contribution is -2.31. The molecule has 0 saturated carbocycles. The van der Waals surface area contributed by atoms with Crippen molar-refractivity contribution in [1.82, 2.24) is 5.01 Å². The molecule has 0 aliphatic carbocycles. The second-order valence-corrected chi connectivity index (χ2v) is 1.98. The van der Waals surface area contributed by atoms with Crippen LogP contribution >= 0.6 is 0 Å². The van der Waals surface area contributed by atoms with Gasteiger partial charge in [0.05, 0.1) is 0 Å². The summed E-state index contributed by atoms with van der Waals surface area (Å²) in [5, 5.41) is 1.84. The van der Waals surface area contributed by atoms with Gasteiger partial charge in [0.1, 0.15) is 0 Å². The van der Waals surface area contributed by atoms with Crippen LogP contribution in [0.1, 0.15) is 26.7 Å². The fourth-order valence-electron chi connectivity index (χ4n) is 0.519. The fraction of sp³-hybridized carbons (Fsp3) is 1.00. The van der Waals surface area contributed by atoms with Crippen molar-refractivity contribution in [3.63, 3.8) is 0 Å². The summed E-state index contributed by atoms with van der Waals surface area (Å²) in [6.07, 6.45) is 2.44. The van der Waals surface area contributed by atoms with Crippen molar-refractivity contribution in [2.24, 2.45) is 5.84 Å². The largest absolute Gasteiger partial charge is 0.269 e. The predicted molar refractivity (Wildman–Crippen MR) is 36.3 cm³/mol. The Labute approximate surface area is 51.6 Å². The van der Waals surface area contributed by atoms with Crippen molar-refractivity contribution in [1.29, 1.82) is 0 Å². The van der Waals surface area contributed by atoms with Crippen LogP contribution in [0.4, 0.5) is 0 Å². The Hall–Kier alpha value is -0.0800. The first kappa shape index (κ1) is 7.92. The molecule has 0 aromatic heterocycles. The summed E-state index contributed by atoms with van der Waals surface area (Å²) in [6, 6.07) is 0. The molecule has 0 heterocycles. The van der Waals surface area contributed by atoms with Crippen LogP contribution in [0.2, 0.25) is 0 Å². The first-order chi connectivity index (χ1) is 3.81. The Morgan fingerprint density at radius 1 is 1.38 bits per heavy atom. The van der Waals surface area contributed by atoms with E-state index in [-0.39, 0.29) is 0 Å². The van der Waals surface area contributed by atoms with Crippen LogP contribution in [-0.4, -0.2) is 18.1 Å². The smallest absolute Gasteiger partial charge is 0.0128 e.